The van der Waals surface area contributed by atoms with Gasteiger partial charge in [-0.2, -0.15) is 0 Å². The third-order valence-electron chi connectivity index (χ3n) is 3.79. The van der Waals surface area contributed by atoms with Crippen LogP contribution in [0.1, 0.15) is 29.3 Å². The zero-order chi connectivity index (χ0) is 14.0. The third-order valence-corrected chi connectivity index (χ3v) is 4.14. The maximum atomic E-state index is 11.1. The van der Waals surface area contributed by atoms with Gasteiger partial charge in [-0.3, -0.25) is 9.69 Å². The van der Waals surface area contributed by atoms with E-state index in [4.69, 9.17) is 23.1 Å². The number of hydrogen-bond donors (Lipinski definition) is 2. The van der Waals surface area contributed by atoms with E-state index in [-0.39, 0.29) is 0 Å². The minimum absolute atomic E-state index is 0.295. The van der Waals surface area contributed by atoms with Crippen molar-refractivity contribution in [3.63, 3.8) is 0 Å². The lowest BCUT2D eigenvalue weighted by Gasteiger charge is -2.35. The molecule has 0 spiro atoms. The molecule has 1 aliphatic rings. The molecule has 1 aromatic carbocycles. The minimum Gasteiger partial charge on any atom is -0.366 e. The summed E-state index contributed by atoms with van der Waals surface area (Å²) >= 11 is 6.20. The van der Waals surface area contributed by atoms with Gasteiger partial charge in [0.1, 0.15) is 0 Å². The van der Waals surface area contributed by atoms with Gasteiger partial charge in [0.15, 0.2) is 0 Å². The van der Waals surface area contributed by atoms with Crippen molar-refractivity contribution >= 4 is 17.5 Å². The largest absolute Gasteiger partial charge is 0.366 e. The number of rotatable bonds is 3. The molecule has 0 radical (unpaired) electrons. The molecule has 1 heterocycles. The summed E-state index contributed by atoms with van der Waals surface area (Å²) in [6.45, 7) is 4.93. The Bertz CT molecular complexity index is 478. The monoisotopic (exact) mass is 281 g/mol. The highest BCUT2D eigenvalue weighted by Gasteiger charge is 2.23. The van der Waals surface area contributed by atoms with Gasteiger partial charge >= 0.3 is 0 Å². The standard InChI is InChI=1S/C14H20ClN3O/c1-9-7-18(5-4-13(9)16)8-11-3-2-10(14(17)19)6-12(11)15/h2-3,6,9,13H,4-5,7-8,16H2,1H3,(H2,17,19). The molecule has 0 aliphatic carbocycles. The van der Waals surface area contributed by atoms with Crippen molar-refractivity contribution in [2.24, 2.45) is 17.4 Å². The summed E-state index contributed by atoms with van der Waals surface area (Å²) < 4.78 is 0. The fourth-order valence-corrected chi connectivity index (χ4v) is 2.70. The number of primary amides is 1. The molecule has 19 heavy (non-hydrogen) atoms. The first-order valence-electron chi connectivity index (χ1n) is 6.53. The normalized spacial score (nSPS) is 24.4. The summed E-state index contributed by atoms with van der Waals surface area (Å²) in [7, 11) is 0. The van der Waals surface area contributed by atoms with Crippen LogP contribution in [0.2, 0.25) is 5.02 Å². The van der Waals surface area contributed by atoms with Crippen molar-refractivity contribution in [1.29, 1.82) is 0 Å². The minimum atomic E-state index is -0.453. The highest BCUT2D eigenvalue weighted by molar-refractivity contribution is 6.31. The van der Waals surface area contributed by atoms with Gasteiger partial charge in [0.25, 0.3) is 0 Å². The molecule has 0 saturated carbocycles. The quantitative estimate of drug-likeness (QED) is 0.884. The number of benzene rings is 1. The molecule has 1 aliphatic heterocycles. The second kappa shape index (κ2) is 5.90. The van der Waals surface area contributed by atoms with Crippen molar-refractivity contribution in [3.05, 3.63) is 34.3 Å². The molecular formula is C14H20ClN3O. The fraction of sp³-hybridized carbons (Fsp3) is 0.500. The zero-order valence-electron chi connectivity index (χ0n) is 11.1. The number of carbonyl (C=O) groups excluding carboxylic acids is 1. The Kier molecular flexibility index (Phi) is 4.45. The Morgan fingerprint density at radius 1 is 1.53 bits per heavy atom. The highest BCUT2D eigenvalue weighted by Crippen LogP contribution is 2.22. The van der Waals surface area contributed by atoms with E-state index in [0.29, 0.717) is 22.5 Å². The van der Waals surface area contributed by atoms with E-state index >= 15 is 0 Å². The Morgan fingerprint density at radius 2 is 2.26 bits per heavy atom. The molecular weight excluding hydrogens is 262 g/mol. The Balaban J connectivity index is 2.05. The predicted octanol–water partition coefficient (Wildman–Crippen LogP) is 1.61. The van der Waals surface area contributed by atoms with Crippen LogP contribution in [0.4, 0.5) is 0 Å². The summed E-state index contributed by atoms with van der Waals surface area (Å²) in [4.78, 5) is 13.4. The van der Waals surface area contributed by atoms with Crippen LogP contribution in [0.15, 0.2) is 18.2 Å². The van der Waals surface area contributed by atoms with Gasteiger partial charge in [0, 0.05) is 29.7 Å². The maximum absolute atomic E-state index is 11.1. The van der Waals surface area contributed by atoms with E-state index in [1.54, 1.807) is 12.1 Å². The Morgan fingerprint density at radius 3 is 2.84 bits per heavy atom. The van der Waals surface area contributed by atoms with Gasteiger partial charge in [-0.25, -0.2) is 0 Å². The molecule has 1 aromatic rings. The van der Waals surface area contributed by atoms with E-state index < -0.39 is 5.91 Å². The smallest absolute Gasteiger partial charge is 0.248 e. The van der Waals surface area contributed by atoms with E-state index in [2.05, 4.69) is 11.8 Å². The lowest BCUT2D eigenvalue weighted by atomic mass is 9.94. The lowest BCUT2D eigenvalue weighted by molar-refractivity contribution is 0.1000. The van der Waals surface area contributed by atoms with E-state index in [1.807, 2.05) is 6.07 Å². The number of amides is 1. The van der Waals surface area contributed by atoms with Crippen LogP contribution in [-0.4, -0.2) is 29.9 Å². The van der Waals surface area contributed by atoms with Gasteiger partial charge in [-0.1, -0.05) is 24.6 Å². The second-order valence-corrected chi connectivity index (χ2v) is 5.74. The third kappa shape index (κ3) is 3.47. The van der Waals surface area contributed by atoms with Crippen LogP contribution in [0.25, 0.3) is 0 Å². The molecule has 2 rings (SSSR count). The molecule has 0 aromatic heterocycles. The summed E-state index contributed by atoms with van der Waals surface area (Å²) in [5.74, 6) is 0.0448. The van der Waals surface area contributed by atoms with Gasteiger partial charge in [0.2, 0.25) is 5.91 Å². The number of piperidine rings is 1. The molecule has 2 atom stereocenters. The summed E-state index contributed by atoms with van der Waals surface area (Å²) in [5, 5.41) is 0.596. The fourth-order valence-electron chi connectivity index (χ4n) is 2.46. The topological polar surface area (TPSA) is 72.3 Å². The number of nitrogens with zero attached hydrogens (tertiary/aromatic N) is 1. The number of hydrogen-bond acceptors (Lipinski definition) is 3. The van der Waals surface area contributed by atoms with E-state index in [9.17, 15) is 4.79 Å². The van der Waals surface area contributed by atoms with E-state index in [1.165, 1.54) is 0 Å². The Labute approximate surface area is 118 Å². The summed E-state index contributed by atoms with van der Waals surface area (Å²) in [5.41, 5.74) is 12.7. The molecule has 1 amide bonds. The molecule has 1 saturated heterocycles. The maximum Gasteiger partial charge on any atom is 0.248 e. The zero-order valence-corrected chi connectivity index (χ0v) is 11.9. The SMILES string of the molecule is CC1CN(Cc2ccc(C(N)=O)cc2Cl)CCC1N. The average Bonchev–Trinajstić information content (AvgIpc) is 2.36. The molecule has 4 nitrogen and oxygen atoms in total. The van der Waals surface area contributed by atoms with Gasteiger partial charge in [-0.15, -0.1) is 0 Å². The lowest BCUT2D eigenvalue weighted by Crippen LogP contribution is -2.45. The summed E-state index contributed by atoms with van der Waals surface area (Å²) in [6, 6.07) is 5.53. The van der Waals surface area contributed by atoms with Crippen molar-refractivity contribution in [1.82, 2.24) is 4.90 Å². The number of nitrogens with two attached hydrogens (primary N) is 2. The molecule has 2 unspecified atom stereocenters. The van der Waals surface area contributed by atoms with Crippen molar-refractivity contribution in [3.8, 4) is 0 Å². The van der Waals surface area contributed by atoms with Crippen LogP contribution < -0.4 is 11.5 Å². The highest BCUT2D eigenvalue weighted by atomic mass is 35.5. The molecule has 0 bridgehead atoms. The molecule has 1 fully saturated rings. The van der Waals surface area contributed by atoms with Gasteiger partial charge in [-0.05, 0) is 36.6 Å². The summed E-state index contributed by atoms with van der Waals surface area (Å²) in [6.07, 6.45) is 1.01. The predicted molar refractivity (Wildman–Crippen MR) is 77.0 cm³/mol. The number of carbonyl (C=O) groups is 1. The first kappa shape index (κ1) is 14.3. The van der Waals surface area contributed by atoms with Crippen molar-refractivity contribution in [2.75, 3.05) is 13.1 Å². The molecule has 5 heteroatoms. The average molecular weight is 282 g/mol. The number of halogens is 1. The van der Waals surface area contributed by atoms with E-state index in [0.717, 1.165) is 31.6 Å². The second-order valence-electron chi connectivity index (χ2n) is 5.34. The van der Waals surface area contributed by atoms with Crippen LogP contribution in [0, 0.1) is 5.92 Å². The van der Waals surface area contributed by atoms with Gasteiger partial charge in [0.05, 0.1) is 0 Å². The first-order valence-corrected chi connectivity index (χ1v) is 6.91. The molecule has 104 valence electrons. The van der Waals surface area contributed by atoms with Crippen molar-refractivity contribution < 1.29 is 4.79 Å². The van der Waals surface area contributed by atoms with Crippen LogP contribution in [-0.2, 0) is 6.54 Å². The van der Waals surface area contributed by atoms with Crippen LogP contribution in [0.3, 0.4) is 0 Å². The van der Waals surface area contributed by atoms with Gasteiger partial charge < -0.3 is 11.5 Å². The molecule has 4 N–H and O–H groups in total. The number of likely N-dealkylation sites (tertiary alicyclic amines) is 1. The Hall–Kier alpha value is -1.10. The van der Waals surface area contributed by atoms with Crippen LogP contribution in [0.5, 0.6) is 0 Å². The van der Waals surface area contributed by atoms with Crippen molar-refractivity contribution in [2.45, 2.75) is 25.9 Å². The first-order chi connectivity index (χ1) is 8.97. The van der Waals surface area contributed by atoms with Crippen LogP contribution >= 0.6 is 11.6 Å².